The predicted molar refractivity (Wildman–Crippen MR) is 69.7 cm³/mol. The third-order valence-electron chi connectivity index (χ3n) is 3.12. The summed E-state index contributed by atoms with van der Waals surface area (Å²) in [6.07, 6.45) is 0.125. The second-order valence-corrected chi connectivity index (χ2v) is 4.38. The van der Waals surface area contributed by atoms with Gasteiger partial charge < -0.3 is 14.4 Å². The van der Waals surface area contributed by atoms with E-state index < -0.39 is 0 Å². The maximum absolute atomic E-state index is 11.2. The molecule has 0 aliphatic carbocycles. The van der Waals surface area contributed by atoms with E-state index in [0.29, 0.717) is 18.7 Å². The van der Waals surface area contributed by atoms with Gasteiger partial charge in [0.2, 0.25) is 0 Å². The summed E-state index contributed by atoms with van der Waals surface area (Å²) in [6, 6.07) is 9.51. The van der Waals surface area contributed by atoms with Gasteiger partial charge in [0.25, 0.3) is 0 Å². The van der Waals surface area contributed by atoms with Crippen molar-refractivity contribution in [2.45, 2.75) is 12.5 Å². The molecule has 0 spiro atoms. The number of nitrogens with zero attached hydrogens (tertiary/aromatic N) is 2. The highest BCUT2D eigenvalue weighted by molar-refractivity contribution is 5.70. The molecular weight excluding hydrogens is 244 g/mol. The summed E-state index contributed by atoms with van der Waals surface area (Å²) in [5.74, 6) is -0.258. The number of hydrogen-bond donors (Lipinski definition) is 0. The first-order valence-electron chi connectivity index (χ1n) is 6.16. The molecule has 2 rings (SSSR count). The Bertz CT molecular complexity index is 478. The maximum atomic E-state index is 11.2. The quantitative estimate of drug-likeness (QED) is 0.767. The van der Waals surface area contributed by atoms with E-state index in [9.17, 15) is 4.79 Å². The highest BCUT2D eigenvalue weighted by atomic mass is 16.5. The topological polar surface area (TPSA) is 62.6 Å². The van der Waals surface area contributed by atoms with Crippen LogP contribution in [0.2, 0.25) is 0 Å². The Morgan fingerprint density at radius 1 is 1.53 bits per heavy atom. The molecule has 1 aliphatic heterocycles. The van der Waals surface area contributed by atoms with Crippen LogP contribution in [-0.2, 0) is 14.3 Å². The predicted octanol–water partition coefficient (Wildman–Crippen LogP) is 1.33. The summed E-state index contributed by atoms with van der Waals surface area (Å²) in [5.41, 5.74) is 1.68. The minimum Gasteiger partial charge on any atom is -0.469 e. The number of methoxy groups -OCH3 is 1. The number of morpholine rings is 1. The molecule has 0 aromatic heterocycles. The van der Waals surface area contributed by atoms with Crippen LogP contribution < -0.4 is 4.90 Å². The van der Waals surface area contributed by atoms with Crippen LogP contribution in [0.5, 0.6) is 0 Å². The molecule has 1 saturated heterocycles. The lowest BCUT2D eigenvalue weighted by Crippen LogP contribution is -2.43. The number of ether oxygens (including phenoxy) is 2. The SMILES string of the molecule is COC(=O)CC1CN(c2ccc(C#N)cc2)CCO1. The lowest BCUT2D eigenvalue weighted by Gasteiger charge is -2.34. The van der Waals surface area contributed by atoms with Crippen molar-refractivity contribution in [2.75, 3.05) is 31.7 Å². The number of carbonyl (C=O) groups excluding carboxylic acids is 1. The van der Waals surface area contributed by atoms with Crippen LogP contribution in [-0.4, -0.2) is 38.9 Å². The smallest absolute Gasteiger partial charge is 0.308 e. The Balaban J connectivity index is 2.00. The first kappa shape index (κ1) is 13.4. The third-order valence-corrected chi connectivity index (χ3v) is 3.12. The molecule has 1 atom stereocenters. The first-order chi connectivity index (χ1) is 9.22. The van der Waals surface area contributed by atoms with Crippen molar-refractivity contribution in [3.05, 3.63) is 29.8 Å². The Labute approximate surface area is 112 Å². The van der Waals surface area contributed by atoms with Crippen LogP contribution in [0.15, 0.2) is 24.3 Å². The maximum Gasteiger partial charge on any atom is 0.308 e. The van der Waals surface area contributed by atoms with E-state index in [1.54, 1.807) is 12.1 Å². The van der Waals surface area contributed by atoms with E-state index in [1.807, 2.05) is 12.1 Å². The zero-order chi connectivity index (χ0) is 13.7. The van der Waals surface area contributed by atoms with Gasteiger partial charge in [-0.1, -0.05) is 0 Å². The minimum absolute atomic E-state index is 0.142. The third kappa shape index (κ3) is 3.46. The van der Waals surface area contributed by atoms with Gasteiger partial charge in [0, 0.05) is 18.8 Å². The monoisotopic (exact) mass is 260 g/mol. The van der Waals surface area contributed by atoms with Crippen molar-refractivity contribution >= 4 is 11.7 Å². The molecule has 1 heterocycles. The highest BCUT2D eigenvalue weighted by Gasteiger charge is 2.23. The molecule has 1 aromatic carbocycles. The van der Waals surface area contributed by atoms with Crippen LogP contribution in [0, 0.1) is 11.3 Å². The molecule has 5 heteroatoms. The molecule has 1 fully saturated rings. The van der Waals surface area contributed by atoms with Gasteiger partial charge in [0.15, 0.2) is 0 Å². The number of benzene rings is 1. The second-order valence-electron chi connectivity index (χ2n) is 4.38. The Morgan fingerprint density at radius 3 is 2.89 bits per heavy atom. The van der Waals surface area contributed by atoms with Gasteiger partial charge >= 0.3 is 5.97 Å². The van der Waals surface area contributed by atoms with Gasteiger partial charge in [-0.3, -0.25) is 4.79 Å². The van der Waals surface area contributed by atoms with Crippen LogP contribution in [0.25, 0.3) is 0 Å². The molecular formula is C14H16N2O3. The standard InChI is InChI=1S/C14H16N2O3/c1-18-14(17)8-13-10-16(6-7-19-13)12-4-2-11(9-15)3-5-12/h2-5,13H,6-8,10H2,1H3. The van der Waals surface area contributed by atoms with Gasteiger partial charge in [-0.05, 0) is 24.3 Å². The highest BCUT2D eigenvalue weighted by Crippen LogP contribution is 2.19. The zero-order valence-corrected chi connectivity index (χ0v) is 10.8. The lowest BCUT2D eigenvalue weighted by molar-refractivity contribution is -0.144. The molecule has 100 valence electrons. The Hall–Kier alpha value is -2.06. The van der Waals surface area contributed by atoms with Gasteiger partial charge in [0.1, 0.15) is 0 Å². The average Bonchev–Trinajstić information content (AvgIpc) is 2.47. The van der Waals surface area contributed by atoms with Crippen LogP contribution in [0.1, 0.15) is 12.0 Å². The van der Waals surface area contributed by atoms with E-state index in [4.69, 9.17) is 10.00 Å². The summed E-state index contributed by atoms with van der Waals surface area (Å²) in [6.45, 7) is 2.02. The summed E-state index contributed by atoms with van der Waals surface area (Å²) in [5, 5.41) is 8.77. The van der Waals surface area contributed by atoms with Crippen molar-refractivity contribution in [3.8, 4) is 6.07 Å². The fourth-order valence-electron chi connectivity index (χ4n) is 2.09. The fraction of sp³-hybridized carbons (Fsp3) is 0.429. The fourth-order valence-corrected chi connectivity index (χ4v) is 2.09. The van der Waals surface area contributed by atoms with Crippen molar-refractivity contribution in [2.24, 2.45) is 0 Å². The Kier molecular flexibility index (Phi) is 4.37. The first-order valence-corrected chi connectivity index (χ1v) is 6.16. The van der Waals surface area contributed by atoms with E-state index in [0.717, 1.165) is 12.2 Å². The molecule has 19 heavy (non-hydrogen) atoms. The van der Waals surface area contributed by atoms with Crippen LogP contribution >= 0.6 is 0 Å². The van der Waals surface area contributed by atoms with Crippen molar-refractivity contribution < 1.29 is 14.3 Å². The number of nitriles is 1. The normalized spacial score (nSPS) is 18.7. The summed E-state index contributed by atoms with van der Waals surface area (Å²) in [4.78, 5) is 13.4. The molecule has 0 saturated carbocycles. The van der Waals surface area contributed by atoms with E-state index >= 15 is 0 Å². The molecule has 0 amide bonds. The van der Waals surface area contributed by atoms with Crippen LogP contribution in [0.3, 0.4) is 0 Å². The molecule has 1 aromatic rings. The average molecular weight is 260 g/mol. The van der Waals surface area contributed by atoms with Crippen molar-refractivity contribution in [3.63, 3.8) is 0 Å². The van der Waals surface area contributed by atoms with E-state index in [2.05, 4.69) is 15.7 Å². The lowest BCUT2D eigenvalue weighted by atomic mass is 10.1. The number of anilines is 1. The molecule has 0 radical (unpaired) electrons. The van der Waals surface area contributed by atoms with Gasteiger partial charge in [-0.25, -0.2) is 0 Å². The number of rotatable bonds is 3. The Morgan fingerprint density at radius 2 is 2.26 bits per heavy atom. The van der Waals surface area contributed by atoms with Gasteiger partial charge in [-0.15, -0.1) is 0 Å². The molecule has 0 bridgehead atoms. The zero-order valence-electron chi connectivity index (χ0n) is 10.8. The number of hydrogen-bond acceptors (Lipinski definition) is 5. The van der Waals surface area contributed by atoms with Crippen molar-refractivity contribution in [1.29, 1.82) is 5.26 Å². The number of esters is 1. The van der Waals surface area contributed by atoms with Gasteiger partial charge in [0.05, 0.1) is 37.9 Å². The van der Waals surface area contributed by atoms with Crippen LogP contribution in [0.4, 0.5) is 5.69 Å². The summed E-state index contributed by atoms with van der Waals surface area (Å²) in [7, 11) is 1.38. The summed E-state index contributed by atoms with van der Waals surface area (Å²) >= 11 is 0. The second kappa shape index (κ2) is 6.21. The minimum atomic E-state index is -0.258. The van der Waals surface area contributed by atoms with E-state index in [-0.39, 0.29) is 18.5 Å². The molecule has 0 N–H and O–H groups in total. The molecule has 1 aliphatic rings. The number of carbonyl (C=O) groups is 1. The van der Waals surface area contributed by atoms with Gasteiger partial charge in [-0.2, -0.15) is 5.26 Å². The molecule has 1 unspecified atom stereocenters. The van der Waals surface area contributed by atoms with E-state index in [1.165, 1.54) is 7.11 Å². The largest absolute Gasteiger partial charge is 0.469 e. The molecule has 5 nitrogen and oxygen atoms in total. The van der Waals surface area contributed by atoms with Crippen molar-refractivity contribution in [1.82, 2.24) is 0 Å². The summed E-state index contributed by atoms with van der Waals surface area (Å²) < 4.78 is 10.2.